The molecule has 0 aliphatic heterocycles. The van der Waals surface area contributed by atoms with Crippen molar-refractivity contribution in [2.75, 3.05) is 0 Å². The SMILES string of the molecule is C=CCn1c(SCc2ccc3ccccc3n2)nnc1-c1ccccc1. The monoisotopic (exact) mass is 358 g/mol. The standard InChI is InChI=1S/C21H18N4S/c1-2-14-25-20(17-9-4-3-5-10-17)23-24-21(25)26-15-18-13-12-16-8-6-7-11-19(16)22-18/h2-13H,1,14-15H2. The Bertz CT molecular complexity index is 1040. The number of pyridine rings is 1. The third-order valence-electron chi connectivity index (χ3n) is 4.07. The second kappa shape index (κ2) is 7.54. The van der Waals surface area contributed by atoms with Gasteiger partial charge in [0.1, 0.15) is 0 Å². The number of hydrogen-bond donors (Lipinski definition) is 0. The van der Waals surface area contributed by atoms with Crippen molar-refractivity contribution in [1.82, 2.24) is 19.7 Å². The molecule has 4 rings (SSSR count). The lowest BCUT2D eigenvalue weighted by atomic mass is 10.2. The fourth-order valence-electron chi connectivity index (χ4n) is 2.82. The first kappa shape index (κ1) is 16.5. The van der Waals surface area contributed by atoms with Crippen LogP contribution in [0.4, 0.5) is 0 Å². The number of rotatable bonds is 6. The zero-order chi connectivity index (χ0) is 17.8. The number of fused-ring (bicyclic) bond motifs is 1. The van der Waals surface area contributed by atoms with Gasteiger partial charge in [-0.15, -0.1) is 16.8 Å². The first-order valence-electron chi connectivity index (χ1n) is 8.42. The average Bonchev–Trinajstić information content (AvgIpc) is 3.10. The Kier molecular flexibility index (Phi) is 4.80. The highest BCUT2D eigenvalue weighted by Gasteiger charge is 2.13. The van der Waals surface area contributed by atoms with Gasteiger partial charge in [0.2, 0.25) is 0 Å². The Morgan fingerprint density at radius 2 is 1.73 bits per heavy atom. The lowest BCUT2D eigenvalue weighted by molar-refractivity contribution is 0.731. The molecular weight excluding hydrogens is 340 g/mol. The molecule has 0 unspecified atom stereocenters. The lowest BCUT2D eigenvalue weighted by Crippen LogP contribution is -2.01. The molecule has 0 aliphatic carbocycles. The maximum Gasteiger partial charge on any atom is 0.192 e. The minimum absolute atomic E-state index is 0.671. The Morgan fingerprint density at radius 3 is 2.58 bits per heavy atom. The van der Waals surface area contributed by atoms with E-state index in [-0.39, 0.29) is 0 Å². The molecule has 2 heterocycles. The van der Waals surface area contributed by atoms with E-state index < -0.39 is 0 Å². The molecule has 0 spiro atoms. The van der Waals surface area contributed by atoms with E-state index in [1.165, 1.54) is 0 Å². The molecule has 0 radical (unpaired) electrons. The predicted octanol–water partition coefficient (Wildman–Crippen LogP) is 4.97. The van der Waals surface area contributed by atoms with Gasteiger partial charge in [-0.05, 0) is 12.1 Å². The maximum absolute atomic E-state index is 4.73. The van der Waals surface area contributed by atoms with E-state index in [4.69, 9.17) is 4.98 Å². The van der Waals surface area contributed by atoms with E-state index in [1.54, 1.807) is 11.8 Å². The van der Waals surface area contributed by atoms with Crippen LogP contribution >= 0.6 is 11.8 Å². The lowest BCUT2D eigenvalue weighted by Gasteiger charge is -2.08. The summed E-state index contributed by atoms with van der Waals surface area (Å²) in [6.45, 7) is 4.54. The van der Waals surface area contributed by atoms with Crippen molar-refractivity contribution in [3.63, 3.8) is 0 Å². The molecule has 0 aliphatic rings. The number of thioether (sulfide) groups is 1. The smallest absolute Gasteiger partial charge is 0.192 e. The minimum atomic E-state index is 0.671. The second-order valence-electron chi connectivity index (χ2n) is 5.86. The fraction of sp³-hybridized carbons (Fsp3) is 0.0952. The number of para-hydroxylation sites is 1. The zero-order valence-electron chi connectivity index (χ0n) is 14.2. The summed E-state index contributed by atoms with van der Waals surface area (Å²) in [6.07, 6.45) is 1.87. The molecule has 0 fully saturated rings. The molecule has 2 aromatic heterocycles. The average molecular weight is 358 g/mol. The molecule has 0 bridgehead atoms. The van der Waals surface area contributed by atoms with Crippen LogP contribution in [0.1, 0.15) is 5.69 Å². The van der Waals surface area contributed by atoms with Gasteiger partial charge >= 0.3 is 0 Å². The third-order valence-corrected chi connectivity index (χ3v) is 5.07. The molecule has 4 aromatic rings. The maximum atomic E-state index is 4.73. The summed E-state index contributed by atoms with van der Waals surface area (Å²) < 4.78 is 2.09. The van der Waals surface area contributed by atoms with Crippen LogP contribution in [-0.4, -0.2) is 19.7 Å². The molecule has 26 heavy (non-hydrogen) atoms. The van der Waals surface area contributed by atoms with Crippen molar-refractivity contribution in [2.24, 2.45) is 0 Å². The topological polar surface area (TPSA) is 43.6 Å². The van der Waals surface area contributed by atoms with Gasteiger partial charge in [0.15, 0.2) is 11.0 Å². The van der Waals surface area contributed by atoms with Crippen molar-refractivity contribution in [2.45, 2.75) is 17.5 Å². The first-order valence-corrected chi connectivity index (χ1v) is 9.41. The number of allylic oxidation sites excluding steroid dienone is 1. The van der Waals surface area contributed by atoms with Crippen LogP contribution in [0.2, 0.25) is 0 Å². The van der Waals surface area contributed by atoms with Gasteiger partial charge in [0, 0.05) is 23.2 Å². The van der Waals surface area contributed by atoms with E-state index in [1.807, 2.05) is 54.6 Å². The van der Waals surface area contributed by atoms with Gasteiger partial charge in [0.25, 0.3) is 0 Å². The second-order valence-corrected chi connectivity index (χ2v) is 6.80. The van der Waals surface area contributed by atoms with Gasteiger partial charge in [-0.25, -0.2) is 0 Å². The van der Waals surface area contributed by atoms with Gasteiger partial charge in [-0.1, -0.05) is 72.4 Å². The van der Waals surface area contributed by atoms with Crippen LogP contribution in [0.3, 0.4) is 0 Å². The Morgan fingerprint density at radius 1 is 0.923 bits per heavy atom. The van der Waals surface area contributed by atoms with Crippen LogP contribution in [0.5, 0.6) is 0 Å². The summed E-state index contributed by atoms with van der Waals surface area (Å²) in [7, 11) is 0. The highest BCUT2D eigenvalue weighted by molar-refractivity contribution is 7.98. The minimum Gasteiger partial charge on any atom is -0.298 e. The van der Waals surface area contributed by atoms with Crippen LogP contribution in [-0.2, 0) is 12.3 Å². The van der Waals surface area contributed by atoms with Crippen molar-refractivity contribution in [1.29, 1.82) is 0 Å². The van der Waals surface area contributed by atoms with Crippen molar-refractivity contribution in [3.05, 3.63) is 85.1 Å². The molecule has 4 nitrogen and oxygen atoms in total. The molecule has 0 atom stereocenters. The van der Waals surface area contributed by atoms with Crippen LogP contribution in [0.15, 0.2) is 84.5 Å². The summed E-state index contributed by atoms with van der Waals surface area (Å²) >= 11 is 1.64. The molecule has 0 saturated carbocycles. The number of nitrogens with zero attached hydrogens (tertiary/aromatic N) is 4. The first-order chi connectivity index (χ1) is 12.8. The highest BCUT2D eigenvalue weighted by atomic mass is 32.2. The van der Waals surface area contributed by atoms with Gasteiger partial charge in [-0.2, -0.15) is 0 Å². The van der Waals surface area contributed by atoms with E-state index in [0.29, 0.717) is 6.54 Å². The van der Waals surface area contributed by atoms with Crippen LogP contribution in [0, 0.1) is 0 Å². The van der Waals surface area contributed by atoms with E-state index in [2.05, 4.69) is 39.5 Å². The van der Waals surface area contributed by atoms with Crippen LogP contribution < -0.4 is 0 Å². The van der Waals surface area contributed by atoms with Crippen molar-refractivity contribution in [3.8, 4) is 11.4 Å². The largest absolute Gasteiger partial charge is 0.298 e. The van der Waals surface area contributed by atoms with E-state index >= 15 is 0 Å². The fourth-order valence-corrected chi connectivity index (χ4v) is 3.67. The molecule has 0 saturated heterocycles. The Balaban J connectivity index is 1.59. The third kappa shape index (κ3) is 3.39. The van der Waals surface area contributed by atoms with Gasteiger partial charge < -0.3 is 0 Å². The molecule has 2 aromatic carbocycles. The molecule has 5 heteroatoms. The number of aromatic nitrogens is 4. The summed E-state index contributed by atoms with van der Waals surface area (Å²) in [6, 6.07) is 22.4. The summed E-state index contributed by atoms with van der Waals surface area (Å²) in [5.41, 5.74) is 3.10. The molecule has 128 valence electrons. The zero-order valence-corrected chi connectivity index (χ0v) is 15.1. The van der Waals surface area contributed by atoms with Crippen molar-refractivity contribution >= 4 is 22.7 Å². The van der Waals surface area contributed by atoms with Gasteiger partial charge in [-0.3, -0.25) is 9.55 Å². The number of benzene rings is 2. The summed E-state index contributed by atoms with van der Waals surface area (Å²) in [5.74, 6) is 1.61. The van der Waals surface area contributed by atoms with E-state index in [0.717, 1.165) is 38.9 Å². The summed E-state index contributed by atoms with van der Waals surface area (Å²) in [5, 5.41) is 10.8. The number of hydrogen-bond acceptors (Lipinski definition) is 4. The van der Waals surface area contributed by atoms with E-state index in [9.17, 15) is 0 Å². The highest BCUT2D eigenvalue weighted by Crippen LogP contribution is 2.26. The van der Waals surface area contributed by atoms with Gasteiger partial charge in [0.05, 0.1) is 11.2 Å². The van der Waals surface area contributed by atoms with Crippen LogP contribution in [0.25, 0.3) is 22.3 Å². The Hall–Kier alpha value is -2.92. The normalized spacial score (nSPS) is 10.9. The molecule has 0 amide bonds. The molecular formula is C21H18N4S. The summed E-state index contributed by atoms with van der Waals surface area (Å²) in [4.78, 5) is 4.73. The Labute approximate surface area is 156 Å². The quantitative estimate of drug-likeness (QED) is 0.360. The predicted molar refractivity (Wildman–Crippen MR) is 107 cm³/mol. The van der Waals surface area contributed by atoms with Crippen molar-refractivity contribution < 1.29 is 0 Å². The molecule has 0 N–H and O–H groups in total.